The summed E-state index contributed by atoms with van der Waals surface area (Å²) in [5.41, 5.74) is 0. The first-order valence-electron chi connectivity index (χ1n) is 3.33. The zero-order valence-corrected chi connectivity index (χ0v) is 6.55. The number of carbonyl (C=O) groups is 3. The Morgan fingerprint density at radius 3 is 2.08 bits per heavy atom. The van der Waals surface area contributed by atoms with Gasteiger partial charge >= 0.3 is 41.5 Å². The zero-order valence-electron chi connectivity index (χ0n) is 6.55. The van der Waals surface area contributed by atoms with Crippen molar-refractivity contribution in [1.29, 1.82) is 0 Å². The molecule has 12 heavy (non-hydrogen) atoms. The van der Waals surface area contributed by atoms with Crippen LogP contribution >= 0.6 is 0 Å². The second-order valence-electron chi connectivity index (χ2n) is 2.05. The van der Waals surface area contributed by atoms with Gasteiger partial charge in [-0.2, -0.15) is 0 Å². The summed E-state index contributed by atoms with van der Waals surface area (Å²) in [6.45, 7) is 2.84. The number of esters is 2. The Morgan fingerprint density at radius 2 is 1.75 bits per heavy atom. The molecule has 0 saturated carbocycles. The first-order valence-corrected chi connectivity index (χ1v) is 3.33. The minimum atomic E-state index is -1.06. The Hall–Kier alpha value is -0.190. The number of hydrogen-bond donors (Lipinski definition) is 0. The van der Waals surface area contributed by atoms with Crippen LogP contribution in [0.4, 0.5) is 0 Å². The van der Waals surface area contributed by atoms with Gasteiger partial charge in [-0.15, -0.1) is 0 Å². The standard InChI is InChI=1S/C7H10O4.Na.H/c1-3-4-6(9)7(10)11-5(2)8;;/h3-4H2,1-2H3;;. The van der Waals surface area contributed by atoms with Crippen molar-refractivity contribution in [3.8, 4) is 0 Å². The molecule has 5 heteroatoms. The SMILES string of the molecule is CCCC(=O)C(=O)OC(C)=O.[NaH]. The van der Waals surface area contributed by atoms with Crippen LogP contribution in [0.2, 0.25) is 0 Å². The quantitative estimate of drug-likeness (QED) is 0.262. The molecule has 0 aliphatic heterocycles. The number of hydrogen-bond acceptors (Lipinski definition) is 4. The maximum absolute atomic E-state index is 10.7. The summed E-state index contributed by atoms with van der Waals surface area (Å²) in [6.07, 6.45) is 0.706. The van der Waals surface area contributed by atoms with Crippen LogP contribution in [0.25, 0.3) is 0 Å². The van der Waals surface area contributed by atoms with Gasteiger partial charge < -0.3 is 4.74 Å². The zero-order chi connectivity index (χ0) is 8.85. The first kappa shape index (κ1) is 14.3. The molecule has 0 aromatic rings. The third-order valence-corrected chi connectivity index (χ3v) is 0.941. The van der Waals surface area contributed by atoms with E-state index in [0.29, 0.717) is 6.42 Å². The van der Waals surface area contributed by atoms with E-state index in [1.54, 1.807) is 6.92 Å². The molecule has 0 heterocycles. The van der Waals surface area contributed by atoms with Crippen LogP contribution in [0.1, 0.15) is 26.7 Å². The van der Waals surface area contributed by atoms with Crippen molar-refractivity contribution in [2.24, 2.45) is 0 Å². The van der Waals surface area contributed by atoms with E-state index >= 15 is 0 Å². The molecule has 4 nitrogen and oxygen atoms in total. The van der Waals surface area contributed by atoms with E-state index in [9.17, 15) is 14.4 Å². The average molecular weight is 182 g/mol. The first-order chi connectivity index (χ1) is 5.07. The summed E-state index contributed by atoms with van der Waals surface area (Å²) in [4.78, 5) is 31.4. The Kier molecular flexibility index (Phi) is 8.91. The van der Waals surface area contributed by atoms with E-state index in [-0.39, 0.29) is 36.0 Å². The number of rotatable bonds is 3. The van der Waals surface area contributed by atoms with E-state index < -0.39 is 17.7 Å². The molecular weight excluding hydrogens is 171 g/mol. The van der Waals surface area contributed by atoms with Crippen molar-refractivity contribution in [1.82, 2.24) is 0 Å². The number of Topliss-reactive ketones (excluding diaryl/α,β-unsaturated/α-hetero) is 1. The molecule has 0 rings (SSSR count). The molecule has 0 bridgehead atoms. The summed E-state index contributed by atoms with van der Waals surface area (Å²) in [6, 6.07) is 0. The van der Waals surface area contributed by atoms with Crippen LogP contribution in [-0.4, -0.2) is 47.3 Å². The van der Waals surface area contributed by atoms with Crippen LogP contribution in [0, 0.1) is 0 Å². The summed E-state index contributed by atoms with van der Waals surface area (Å²) in [5.74, 6) is -2.46. The molecule has 0 aromatic heterocycles. The molecule has 0 atom stereocenters. The van der Waals surface area contributed by atoms with Gasteiger partial charge in [-0.25, -0.2) is 4.79 Å². The number of ether oxygens (including phenoxy) is 1. The van der Waals surface area contributed by atoms with Crippen LogP contribution < -0.4 is 0 Å². The molecule has 0 aromatic carbocycles. The summed E-state index contributed by atoms with van der Waals surface area (Å²) < 4.78 is 4.04. The van der Waals surface area contributed by atoms with Gasteiger partial charge in [0.2, 0.25) is 5.78 Å². The van der Waals surface area contributed by atoms with Gasteiger partial charge in [0.15, 0.2) is 0 Å². The second-order valence-corrected chi connectivity index (χ2v) is 2.05. The average Bonchev–Trinajstić information content (AvgIpc) is 1.86. The molecule has 0 aliphatic carbocycles. The van der Waals surface area contributed by atoms with Crippen molar-refractivity contribution in [2.45, 2.75) is 26.7 Å². The Bertz CT molecular complexity index is 188. The van der Waals surface area contributed by atoms with Crippen molar-refractivity contribution in [3.05, 3.63) is 0 Å². The molecule has 0 N–H and O–H groups in total. The number of ketones is 1. The fourth-order valence-corrected chi connectivity index (χ4v) is 0.517. The normalized spacial score (nSPS) is 8.17. The van der Waals surface area contributed by atoms with Gasteiger partial charge in [-0.3, -0.25) is 9.59 Å². The van der Waals surface area contributed by atoms with Crippen molar-refractivity contribution < 1.29 is 19.1 Å². The van der Waals surface area contributed by atoms with Crippen molar-refractivity contribution in [3.63, 3.8) is 0 Å². The van der Waals surface area contributed by atoms with E-state index in [1.165, 1.54) is 0 Å². The van der Waals surface area contributed by atoms with Gasteiger partial charge in [0.25, 0.3) is 0 Å². The predicted molar refractivity (Wildman–Crippen MR) is 43.8 cm³/mol. The third-order valence-electron chi connectivity index (χ3n) is 0.941. The third kappa shape index (κ3) is 6.52. The van der Waals surface area contributed by atoms with Crippen LogP contribution in [0.5, 0.6) is 0 Å². The minimum absolute atomic E-state index is 0. The van der Waals surface area contributed by atoms with E-state index in [1.807, 2.05) is 0 Å². The van der Waals surface area contributed by atoms with Crippen molar-refractivity contribution >= 4 is 47.3 Å². The van der Waals surface area contributed by atoms with Crippen LogP contribution in [-0.2, 0) is 19.1 Å². The molecule has 0 amide bonds. The van der Waals surface area contributed by atoms with E-state index in [2.05, 4.69) is 4.74 Å². The Morgan fingerprint density at radius 1 is 1.25 bits per heavy atom. The monoisotopic (exact) mass is 182 g/mol. The van der Waals surface area contributed by atoms with Gasteiger partial charge in [-0.1, -0.05) is 6.92 Å². The van der Waals surface area contributed by atoms with Gasteiger partial charge in [0, 0.05) is 13.3 Å². The van der Waals surface area contributed by atoms with Gasteiger partial charge in [0.1, 0.15) is 0 Å². The summed E-state index contributed by atoms with van der Waals surface area (Å²) >= 11 is 0. The van der Waals surface area contributed by atoms with Crippen LogP contribution in [0.3, 0.4) is 0 Å². The molecule has 0 unspecified atom stereocenters. The fraction of sp³-hybridized carbons (Fsp3) is 0.571. The summed E-state index contributed by atoms with van der Waals surface area (Å²) in [7, 11) is 0. The van der Waals surface area contributed by atoms with Gasteiger partial charge in [0.05, 0.1) is 0 Å². The Labute approximate surface area is 92.9 Å². The predicted octanol–water partition coefficient (Wildman–Crippen LogP) is -0.203. The van der Waals surface area contributed by atoms with E-state index in [0.717, 1.165) is 6.92 Å². The molecule has 0 saturated heterocycles. The molecule has 0 radical (unpaired) electrons. The fourth-order valence-electron chi connectivity index (χ4n) is 0.517. The summed E-state index contributed by atoms with van der Waals surface area (Å²) in [5, 5.41) is 0. The molecular formula is C7H11NaO4. The Balaban J connectivity index is 0. The van der Waals surface area contributed by atoms with Crippen molar-refractivity contribution in [2.75, 3.05) is 0 Å². The molecule has 0 fully saturated rings. The van der Waals surface area contributed by atoms with E-state index in [4.69, 9.17) is 0 Å². The topological polar surface area (TPSA) is 60.4 Å². The molecule has 0 aliphatic rings. The number of carbonyl (C=O) groups excluding carboxylic acids is 3. The maximum atomic E-state index is 10.7. The second kappa shape index (κ2) is 7.46. The molecule has 64 valence electrons. The van der Waals surface area contributed by atoms with Crippen LogP contribution in [0.15, 0.2) is 0 Å². The molecule has 0 spiro atoms. The van der Waals surface area contributed by atoms with Gasteiger partial charge in [-0.05, 0) is 6.42 Å².